The molecule has 5 heteroatoms. The van der Waals surface area contributed by atoms with Crippen LogP contribution in [-0.2, 0) is 0 Å². The van der Waals surface area contributed by atoms with E-state index in [1.165, 1.54) is 11.3 Å². The summed E-state index contributed by atoms with van der Waals surface area (Å²) in [6.45, 7) is 1.90. The largest absolute Gasteiger partial charge is 0.429 e. The molecule has 3 aromatic rings. The van der Waals surface area contributed by atoms with Crippen LogP contribution >= 0.6 is 11.3 Å². The van der Waals surface area contributed by atoms with Crippen LogP contribution in [0.2, 0.25) is 0 Å². The summed E-state index contributed by atoms with van der Waals surface area (Å²) in [4.78, 5) is 3.14. The van der Waals surface area contributed by atoms with Gasteiger partial charge in [0.2, 0.25) is 0 Å². The fraction of sp³-hybridized carbons (Fsp3) is 0.0909. The average Bonchev–Trinajstić information content (AvgIpc) is 2.87. The maximum Gasteiger partial charge on any atom is 0.299 e. The number of hydrogen-bond donors (Lipinski definition) is 1. The van der Waals surface area contributed by atoms with Crippen LogP contribution in [0.3, 0.4) is 0 Å². The second kappa shape index (κ2) is 3.61. The summed E-state index contributed by atoms with van der Waals surface area (Å²) in [6.07, 6.45) is 1.89. The molecule has 2 heterocycles. The normalized spacial score (nSPS) is 10.8. The molecule has 0 aliphatic carbocycles. The Bertz CT molecular complexity index is 629. The number of ether oxygens (including phenoxy) is 1. The van der Waals surface area contributed by atoms with Crippen LogP contribution in [-0.4, -0.2) is 15.2 Å². The SMILES string of the molecule is Cc1nnc(Oc2cccc3[nH]ccc23)s1. The van der Waals surface area contributed by atoms with Gasteiger partial charge in [-0.15, -0.1) is 5.10 Å². The summed E-state index contributed by atoms with van der Waals surface area (Å²) in [6, 6.07) is 7.86. The summed E-state index contributed by atoms with van der Waals surface area (Å²) in [5.41, 5.74) is 1.05. The van der Waals surface area contributed by atoms with Crippen molar-refractivity contribution in [3.8, 4) is 10.9 Å². The van der Waals surface area contributed by atoms with Crippen molar-refractivity contribution in [2.24, 2.45) is 0 Å². The molecule has 1 N–H and O–H groups in total. The number of aromatic amines is 1. The predicted octanol–water partition coefficient (Wildman–Crippen LogP) is 3.12. The van der Waals surface area contributed by atoms with Gasteiger partial charge in [-0.2, -0.15) is 0 Å². The molecule has 0 saturated heterocycles. The van der Waals surface area contributed by atoms with Crippen LogP contribution in [0, 0.1) is 6.92 Å². The minimum absolute atomic E-state index is 0.575. The van der Waals surface area contributed by atoms with Crippen molar-refractivity contribution in [2.45, 2.75) is 6.92 Å². The highest BCUT2D eigenvalue weighted by atomic mass is 32.1. The summed E-state index contributed by atoms with van der Waals surface area (Å²) in [5, 5.41) is 10.4. The highest BCUT2D eigenvalue weighted by Gasteiger charge is 2.06. The summed E-state index contributed by atoms with van der Waals surface area (Å²) in [7, 11) is 0. The van der Waals surface area contributed by atoms with Crippen LogP contribution in [0.1, 0.15) is 5.01 Å². The van der Waals surface area contributed by atoms with E-state index in [1.807, 2.05) is 37.4 Å². The van der Waals surface area contributed by atoms with Gasteiger partial charge in [-0.25, -0.2) is 0 Å². The number of H-pyrrole nitrogens is 1. The molecule has 0 aliphatic heterocycles. The molecule has 16 heavy (non-hydrogen) atoms. The molecular weight excluding hydrogens is 222 g/mol. The van der Waals surface area contributed by atoms with Gasteiger partial charge in [0.05, 0.1) is 0 Å². The Hall–Kier alpha value is -1.88. The van der Waals surface area contributed by atoms with Crippen molar-refractivity contribution in [1.82, 2.24) is 15.2 Å². The zero-order valence-electron chi connectivity index (χ0n) is 8.60. The maximum atomic E-state index is 5.70. The summed E-state index contributed by atoms with van der Waals surface area (Å²) in [5.74, 6) is 0.801. The Labute approximate surface area is 95.9 Å². The number of benzene rings is 1. The second-order valence-corrected chi connectivity index (χ2v) is 4.53. The predicted molar refractivity (Wildman–Crippen MR) is 63.0 cm³/mol. The van der Waals surface area contributed by atoms with Gasteiger partial charge in [0.1, 0.15) is 10.8 Å². The van der Waals surface area contributed by atoms with Crippen LogP contribution in [0.15, 0.2) is 30.5 Å². The van der Waals surface area contributed by atoms with Crippen molar-refractivity contribution >= 4 is 22.2 Å². The molecule has 0 unspecified atom stereocenters. The van der Waals surface area contributed by atoms with Crippen molar-refractivity contribution in [2.75, 3.05) is 0 Å². The van der Waals surface area contributed by atoms with Gasteiger partial charge >= 0.3 is 0 Å². The van der Waals surface area contributed by atoms with Gasteiger partial charge in [-0.3, -0.25) is 0 Å². The van der Waals surface area contributed by atoms with E-state index in [0.717, 1.165) is 21.7 Å². The molecule has 0 fully saturated rings. The second-order valence-electron chi connectivity index (χ2n) is 3.38. The first-order valence-electron chi connectivity index (χ1n) is 4.87. The number of rotatable bonds is 2. The number of fused-ring (bicyclic) bond motifs is 1. The Balaban J connectivity index is 2.03. The zero-order chi connectivity index (χ0) is 11.0. The molecule has 80 valence electrons. The first-order chi connectivity index (χ1) is 7.83. The maximum absolute atomic E-state index is 5.70. The van der Waals surface area contributed by atoms with E-state index in [9.17, 15) is 0 Å². The fourth-order valence-electron chi connectivity index (χ4n) is 1.56. The van der Waals surface area contributed by atoms with E-state index in [-0.39, 0.29) is 0 Å². The van der Waals surface area contributed by atoms with Gasteiger partial charge in [-0.05, 0) is 25.1 Å². The highest BCUT2D eigenvalue weighted by molar-refractivity contribution is 7.13. The van der Waals surface area contributed by atoms with E-state index in [4.69, 9.17) is 4.74 Å². The van der Waals surface area contributed by atoms with Gasteiger partial charge in [0.15, 0.2) is 0 Å². The third-order valence-electron chi connectivity index (χ3n) is 2.26. The summed E-state index contributed by atoms with van der Waals surface area (Å²) >= 11 is 1.44. The van der Waals surface area contributed by atoms with E-state index in [0.29, 0.717) is 5.19 Å². The Kier molecular flexibility index (Phi) is 2.11. The molecule has 0 amide bonds. The third kappa shape index (κ3) is 1.55. The lowest BCUT2D eigenvalue weighted by molar-refractivity contribution is 0.478. The van der Waals surface area contributed by atoms with Gasteiger partial charge < -0.3 is 9.72 Å². The van der Waals surface area contributed by atoms with Crippen LogP contribution < -0.4 is 4.74 Å². The first kappa shape index (κ1) is 9.35. The number of aromatic nitrogens is 3. The van der Waals surface area contributed by atoms with Crippen LogP contribution in [0.5, 0.6) is 10.9 Å². The smallest absolute Gasteiger partial charge is 0.299 e. The molecule has 0 atom stereocenters. The van der Waals surface area contributed by atoms with E-state index >= 15 is 0 Å². The summed E-state index contributed by atoms with van der Waals surface area (Å²) < 4.78 is 5.70. The van der Waals surface area contributed by atoms with Crippen molar-refractivity contribution < 1.29 is 4.74 Å². The molecular formula is C11H9N3OS. The Morgan fingerprint density at radius 3 is 3.00 bits per heavy atom. The zero-order valence-corrected chi connectivity index (χ0v) is 9.41. The number of hydrogen-bond acceptors (Lipinski definition) is 4. The van der Waals surface area contributed by atoms with Crippen LogP contribution in [0.4, 0.5) is 0 Å². The average molecular weight is 231 g/mol. The minimum Gasteiger partial charge on any atom is -0.429 e. The number of nitrogens with zero attached hydrogens (tertiary/aromatic N) is 2. The Morgan fingerprint density at radius 2 is 2.19 bits per heavy atom. The lowest BCUT2D eigenvalue weighted by Crippen LogP contribution is -1.83. The van der Waals surface area contributed by atoms with Crippen molar-refractivity contribution in [3.05, 3.63) is 35.5 Å². The van der Waals surface area contributed by atoms with Crippen molar-refractivity contribution in [1.29, 1.82) is 0 Å². The molecule has 1 aromatic carbocycles. The molecule has 0 spiro atoms. The lowest BCUT2D eigenvalue weighted by atomic mass is 10.2. The minimum atomic E-state index is 0.575. The third-order valence-corrected chi connectivity index (χ3v) is 2.98. The standard InChI is InChI=1S/C11H9N3OS/c1-7-13-14-11(16-7)15-10-4-2-3-9-8(10)5-6-12-9/h2-6,12H,1H3. The number of aryl methyl sites for hydroxylation is 1. The number of nitrogens with one attached hydrogen (secondary N) is 1. The van der Waals surface area contributed by atoms with E-state index < -0.39 is 0 Å². The quantitative estimate of drug-likeness (QED) is 0.737. The topological polar surface area (TPSA) is 50.8 Å². The molecule has 4 nitrogen and oxygen atoms in total. The Morgan fingerprint density at radius 1 is 1.25 bits per heavy atom. The first-order valence-corrected chi connectivity index (χ1v) is 5.68. The molecule has 0 radical (unpaired) electrons. The van der Waals surface area contributed by atoms with Crippen LogP contribution in [0.25, 0.3) is 10.9 Å². The fourth-order valence-corrected chi connectivity index (χ4v) is 2.11. The highest BCUT2D eigenvalue weighted by Crippen LogP contribution is 2.30. The van der Waals surface area contributed by atoms with E-state index in [2.05, 4.69) is 15.2 Å². The van der Waals surface area contributed by atoms with Gasteiger partial charge in [0, 0.05) is 17.1 Å². The lowest BCUT2D eigenvalue weighted by Gasteiger charge is -2.01. The van der Waals surface area contributed by atoms with E-state index in [1.54, 1.807) is 0 Å². The molecule has 0 aliphatic rings. The molecule has 2 aromatic heterocycles. The molecule has 0 bridgehead atoms. The van der Waals surface area contributed by atoms with Crippen molar-refractivity contribution in [3.63, 3.8) is 0 Å². The monoisotopic (exact) mass is 231 g/mol. The molecule has 3 rings (SSSR count). The van der Waals surface area contributed by atoms with Gasteiger partial charge in [0.25, 0.3) is 5.19 Å². The van der Waals surface area contributed by atoms with Gasteiger partial charge in [-0.1, -0.05) is 22.5 Å². The molecule has 0 saturated carbocycles.